The average Bonchev–Trinajstić information content (AvgIpc) is 2.84. The molecule has 1 aliphatic rings. The molecule has 1 aromatic carbocycles. The molecule has 1 aliphatic carbocycles. The van der Waals surface area contributed by atoms with Gasteiger partial charge in [0, 0.05) is 7.05 Å². The standard InChI is InChI=1S/C10H14N2O.C4H6O6/c1-12(11)9-6-7-4-2-3-5-8(7)10(9)13;5-1(3(7)8)2(6)4(9)10/h2-5,9-10,13H,6,11H2,1H3;1-2,5-6H,(H,7,8)(H,9,10)/t9-,10-;/m1./s1. The Morgan fingerprint density at radius 2 is 1.65 bits per heavy atom. The number of carboxylic acids is 2. The molecule has 23 heavy (non-hydrogen) atoms. The molecule has 0 amide bonds. The molecule has 0 radical (unpaired) electrons. The van der Waals surface area contributed by atoms with Crippen molar-refractivity contribution < 1.29 is 35.1 Å². The van der Waals surface area contributed by atoms with Crippen molar-refractivity contribution in [3.05, 3.63) is 35.4 Å². The Balaban J connectivity index is 0.000000241. The van der Waals surface area contributed by atoms with Crippen molar-refractivity contribution >= 4 is 11.9 Å². The van der Waals surface area contributed by atoms with Gasteiger partial charge in [0.15, 0.2) is 12.2 Å². The third-order valence-corrected chi connectivity index (χ3v) is 3.50. The van der Waals surface area contributed by atoms with Gasteiger partial charge < -0.3 is 25.5 Å². The van der Waals surface area contributed by atoms with Crippen molar-refractivity contribution in [3.8, 4) is 0 Å². The van der Waals surface area contributed by atoms with Crippen molar-refractivity contribution in [1.29, 1.82) is 0 Å². The van der Waals surface area contributed by atoms with Crippen molar-refractivity contribution in [2.75, 3.05) is 7.05 Å². The normalized spacial score (nSPS) is 21.8. The fourth-order valence-corrected chi connectivity index (χ4v) is 2.19. The number of carbonyl (C=O) groups is 2. The summed E-state index contributed by atoms with van der Waals surface area (Å²) in [7, 11) is 1.79. The first-order valence-corrected chi connectivity index (χ1v) is 6.72. The second-order valence-electron chi connectivity index (χ2n) is 5.15. The van der Waals surface area contributed by atoms with Crippen LogP contribution in [-0.4, -0.2) is 67.8 Å². The number of fused-ring (bicyclic) bond motifs is 1. The van der Waals surface area contributed by atoms with Gasteiger partial charge in [-0.25, -0.2) is 14.6 Å². The third kappa shape index (κ3) is 4.71. The van der Waals surface area contributed by atoms with Crippen LogP contribution in [0, 0.1) is 0 Å². The number of hydrogen-bond acceptors (Lipinski definition) is 7. The van der Waals surface area contributed by atoms with Crippen LogP contribution in [0.2, 0.25) is 0 Å². The van der Waals surface area contributed by atoms with Gasteiger partial charge in [0.1, 0.15) is 0 Å². The molecule has 7 N–H and O–H groups in total. The van der Waals surface area contributed by atoms with Gasteiger partial charge in [-0.2, -0.15) is 0 Å². The first kappa shape index (κ1) is 19.0. The Morgan fingerprint density at radius 1 is 1.17 bits per heavy atom. The van der Waals surface area contributed by atoms with Crippen molar-refractivity contribution in [2.24, 2.45) is 5.84 Å². The number of rotatable bonds is 4. The summed E-state index contributed by atoms with van der Waals surface area (Å²) in [5, 5.41) is 44.0. The minimum Gasteiger partial charge on any atom is -0.479 e. The maximum Gasteiger partial charge on any atom is 0.335 e. The lowest BCUT2D eigenvalue weighted by Crippen LogP contribution is -2.40. The maximum atomic E-state index is 9.89. The lowest BCUT2D eigenvalue weighted by Gasteiger charge is -2.21. The topological polar surface area (TPSA) is 165 Å². The molecular weight excluding hydrogens is 308 g/mol. The van der Waals surface area contributed by atoms with Crippen LogP contribution >= 0.6 is 0 Å². The predicted molar refractivity (Wildman–Crippen MR) is 78.1 cm³/mol. The molecule has 0 saturated carbocycles. The van der Waals surface area contributed by atoms with E-state index >= 15 is 0 Å². The van der Waals surface area contributed by atoms with E-state index in [2.05, 4.69) is 0 Å². The summed E-state index contributed by atoms with van der Waals surface area (Å²) in [6, 6.07) is 7.97. The Bertz CT molecular complexity index is 546. The van der Waals surface area contributed by atoms with Crippen molar-refractivity contribution in [1.82, 2.24) is 5.01 Å². The van der Waals surface area contributed by atoms with Crippen molar-refractivity contribution in [2.45, 2.75) is 30.8 Å². The van der Waals surface area contributed by atoms with Crippen LogP contribution in [0.25, 0.3) is 0 Å². The highest BCUT2D eigenvalue weighted by Gasteiger charge is 2.32. The number of carboxylic acid groups (broad SMARTS) is 2. The van der Waals surface area contributed by atoms with E-state index in [-0.39, 0.29) is 6.04 Å². The van der Waals surface area contributed by atoms with Gasteiger partial charge in [0.2, 0.25) is 0 Å². The van der Waals surface area contributed by atoms with E-state index in [0.29, 0.717) is 0 Å². The fraction of sp³-hybridized carbons (Fsp3) is 0.429. The zero-order chi connectivity index (χ0) is 17.7. The summed E-state index contributed by atoms with van der Waals surface area (Å²) >= 11 is 0. The van der Waals surface area contributed by atoms with Gasteiger partial charge in [-0.05, 0) is 17.5 Å². The van der Waals surface area contributed by atoms with E-state index in [1.165, 1.54) is 5.56 Å². The molecule has 4 atom stereocenters. The molecule has 2 unspecified atom stereocenters. The predicted octanol–water partition coefficient (Wildman–Crippen LogP) is -1.67. The molecule has 0 heterocycles. The zero-order valence-electron chi connectivity index (χ0n) is 12.4. The highest BCUT2D eigenvalue weighted by atomic mass is 16.4. The SMILES string of the molecule is CN(N)[C@@H]1Cc2ccccc2[C@H]1O.O=C(O)C(O)C(O)C(=O)O. The van der Waals surface area contributed by atoms with Gasteiger partial charge >= 0.3 is 11.9 Å². The van der Waals surface area contributed by atoms with Crippen molar-refractivity contribution in [3.63, 3.8) is 0 Å². The summed E-state index contributed by atoms with van der Waals surface area (Å²) in [5.41, 5.74) is 2.22. The minimum absolute atomic E-state index is 0.0254. The fourth-order valence-electron chi connectivity index (χ4n) is 2.19. The van der Waals surface area contributed by atoms with Crippen LogP contribution in [0.4, 0.5) is 0 Å². The van der Waals surface area contributed by atoms with Crippen LogP contribution in [0.3, 0.4) is 0 Å². The Kier molecular flexibility index (Phi) is 6.61. The Hall–Kier alpha value is -2.04. The molecule has 0 saturated heterocycles. The lowest BCUT2D eigenvalue weighted by atomic mass is 10.1. The summed E-state index contributed by atoms with van der Waals surface area (Å²) < 4.78 is 0. The van der Waals surface area contributed by atoms with Gasteiger partial charge in [-0.3, -0.25) is 5.84 Å². The molecule has 1 aromatic rings. The molecule has 9 nitrogen and oxygen atoms in total. The number of hydrogen-bond donors (Lipinski definition) is 6. The Morgan fingerprint density at radius 3 is 2.04 bits per heavy atom. The molecule has 2 rings (SSSR count). The molecule has 128 valence electrons. The summed E-state index contributed by atoms with van der Waals surface area (Å²) in [6.07, 6.45) is -4.13. The summed E-state index contributed by atoms with van der Waals surface area (Å²) in [5.74, 6) is 2.10. The number of likely N-dealkylation sites (N-methyl/N-ethyl adjacent to an activating group) is 1. The first-order chi connectivity index (χ1) is 10.7. The smallest absolute Gasteiger partial charge is 0.335 e. The van der Waals surface area contributed by atoms with E-state index in [4.69, 9.17) is 26.3 Å². The van der Waals surface area contributed by atoms with E-state index in [1.807, 2.05) is 24.3 Å². The largest absolute Gasteiger partial charge is 0.479 e. The van der Waals surface area contributed by atoms with Gasteiger partial charge in [0.05, 0.1) is 12.1 Å². The van der Waals surface area contributed by atoms with Gasteiger partial charge in [-0.1, -0.05) is 24.3 Å². The number of nitrogens with two attached hydrogens (primary N) is 1. The van der Waals surface area contributed by atoms with Gasteiger partial charge in [0.25, 0.3) is 0 Å². The first-order valence-electron chi connectivity index (χ1n) is 6.72. The number of aliphatic hydroxyl groups is 3. The number of nitrogens with zero attached hydrogens (tertiary/aromatic N) is 1. The second-order valence-corrected chi connectivity index (χ2v) is 5.15. The molecule has 0 bridgehead atoms. The monoisotopic (exact) mass is 328 g/mol. The quantitative estimate of drug-likeness (QED) is 0.280. The number of aliphatic hydroxyl groups excluding tert-OH is 3. The molecule has 0 fully saturated rings. The van der Waals surface area contributed by atoms with E-state index in [0.717, 1.165) is 12.0 Å². The maximum absolute atomic E-state index is 9.89. The minimum atomic E-state index is -2.27. The summed E-state index contributed by atoms with van der Waals surface area (Å²) in [6.45, 7) is 0. The highest BCUT2D eigenvalue weighted by Crippen LogP contribution is 2.32. The molecule has 0 aromatic heterocycles. The summed E-state index contributed by atoms with van der Waals surface area (Å²) in [4.78, 5) is 19.5. The van der Waals surface area contributed by atoms with Crippen LogP contribution < -0.4 is 5.84 Å². The molecule has 0 spiro atoms. The highest BCUT2D eigenvalue weighted by molar-refractivity contribution is 5.83. The van der Waals surface area contributed by atoms with Crippen LogP contribution in [0.1, 0.15) is 17.2 Å². The number of hydrazine groups is 1. The average molecular weight is 328 g/mol. The number of aliphatic carboxylic acids is 2. The van der Waals surface area contributed by atoms with Gasteiger partial charge in [-0.15, -0.1) is 0 Å². The number of benzene rings is 1. The van der Waals surface area contributed by atoms with E-state index < -0.39 is 30.3 Å². The Labute approximate surface area is 132 Å². The molecular formula is C14H20N2O7. The molecule has 0 aliphatic heterocycles. The zero-order valence-corrected chi connectivity index (χ0v) is 12.4. The lowest BCUT2D eigenvalue weighted by molar-refractivity contribution is -0.165. The van der Waals surface area contributed by atoms with E-state index in [1.54, 1.807) is 12.1 Å². The third-order valence-electron chi connectivity index (χ3n) is 3.50. The second kappa shape index (κ2) is 7.99. The van der Waals surface area contributed by atoms with Crippen LogP contribution in [0.15, 0.2) is 24.3 Å². The molecule has 9 heteroatoms. The van der Waals surface area contributed by atoms with Crippen LogP contribution in [-0.2, 0) is 16.0 Å². The van der Waals surface area contributed by atoms with Crippen LogP contribution in [0.5, 0.6) is 0 Å². The van der Waals surface area contributed by atoms with E-state index in [9.17, 15) is 14.7 Å².